The van der Waals surface area contributed by atoms with Gasteiger partial charge >= 0.3 is 0 Å². The van der Waals surface area contributed by atoms with Crippen molar-refractivity contribution in [3.8, 4) is 0 Å². The van der Waals surface area contributed by atoms with Gasteiger partial charge in [-0.3, -0.25) is 4.79 Å². The van der Waals surface area contributed by atoms with Gasteiger partial charge in [0.25, 0.3) is 5.91 Å². The summed E-state index contributed by atoms with van der Waals surface area (Å²) in [6, 6.07) is 0.412. The molecule has 0 heterocycles. The maximum Gasteiger partial charge on any atom is 0.251 e. The Labute approximate surface area is 104 Å². The van der Waals surface area contributed by atoms with E-state index < -0.39 is 0 Å². The van der Waals surface area contributed by atoms with Gasteiger partial charge in [0.2, 0.25) is 0 Å². The van der Waals surface area contributed by atoms with E-state index in [4.69, 9.17) is 0 Å². The van der Waals surface area contributed by atoms with Crippen LogP contribution in [-0.4, -0.2) is 11.9 Å². The van der Waals surface area contributed by atoms with E-state index in [2.05, 4.69) is 18.3 Å². The van der Waals surface area contributed by atoms with Crippen molar-refractivity contribution in [2.24, 2.45) is 5.92 Å². The number of hydrogen-bond acceptors (Lipinski definition) is 1. The highest BCUT2D eigenvalue weighted by Gasteiger charge is 2.25. The van der Waals surface area contributed by atoms with Crippen molar-refractivity contribution in [1.29, 1.82) is 0 Å². The molecule has 2 rings (SSSR count). The predicted octanol–water partition coefficient (Wildman–Crippen LogP) is 3.35. The zero-order valence-electron chi connectivity index (χ0n) is 10.7. The summed E-state index contributed by atoms with van der Waals surface area (Å²) >= 11 is 0. The topological polar surface area (TPSA) is 29.1 Å². The van der Waals surface area contributed by atoms with E-state index in [9.17, 15) is 4.79 Å². The molecule has 2 nitrogen and oxygen atoms in total. The first-order chi connectivity index (χ1) is 8.29. The van der Waals surface area contributed by atoms with Crippen LogP contribution in [0.1, 0.15) is 51.9 Å². The van der Waals surface area contributed by atoms with Gasteiger partial charge in [-0.25, -0.2) is 0 Å². The van der Waals surface area contributed by atoms with Crippen LogP contribution in [0.25, 0.3) is 0 Å². The molecule has 1 saturated carbocycles. The maximum absolute atomic E-state index is 12.0. The minimum Gasteiger partial charge on any atom is -0.349 e. The molecule has 1 fully saturated rings. The number of carbonyl (C=O) groups excluding carboxylic acids is 1. The van der Waals surface area contributed by atoms with Gasteiger partial charge in [-0.2, -0.15) is 0 Å². The molecular formula is C15H23NO. The van der Waals surface area contributed by atoms with Crippen LogP contribution in [0.5, 0.6) is 0 Å². The number of carbonyl (C=O) groups is 1. The van der Waals surface area contributed by atoms with E-state index in [1.165, 1.54) is 25.7 Å². The normalized spacial score (nSPS) is 27.9. The summed E-state index contributed by atoms with van der Waals surface area (Å²) in [4.78, 5) is 12.0. The highest BCUT2D eigenvalue weighted by molar-refractivity contribution is 5.96. The molecule has 0 aromatic rings. The number of nitrogens with one attached hydrogen (secondary N) is 1. The summed E-state index contributed by atoms with van der Waals surface area (Å²) in [5, 5.41) is 3.18. The molecule has 94 valence electrons. The predicted molar refractivity (Wildman–Crippen MR) is 70.6 cm³/mol. The molecule has 0 unspecified atom stereocenters. The summed E-state index contributed by atoms with van der Waals surface area (Å²) in [5.41, 5.74) is 0.857. The average Bonchev–Trinajstić information content (AvgIpc) is 2.78. The maximum atomic E-state index is 12.0. The minimum atomic E-state index is 0.128. The molecule has 0 radical (unpaired) electrons. The molecule has 2 aliphatic rings. The highest BCUT2D eigenvalue weighted by atomic mass is 16.1. The molecule has 0 bridgehead atoms. The number of rotatable bonds is 4. The summed E-state index contributed by atoms with van der Waals surface area (Å²) in [6.07, 6.45) is 14.4. The Bertz CT molecular complexity index is 330. The highest BCUT2D eigenvalue weighted by Crippen LogP contribution is 2.29. The third kappa shape index (κ3) is 3.45. The summed E-state index contributed by atoms with van der Waals surface area (Å²) in [6.45, 7) is 2.24. The smallest absolute Gasteiger partial charge is 0.251 e. The van der Waals surface area contributed by atoms with Gasteiger partial charge in [0.15, 0.2) is 0 Å². The van der Waals surface area contributed by atoms with E-state index in [-0.39, 0.29) is 5.91 Å². The molecule has 1 N–H and O–H groups in total. The first-order valence-corrected chi connectivity index (χ1v) is 6.97. The second-order valence-corrected chi connectivity index (χ2v) is 5.28. The standard InChI is InChI=1S/C15H23NO/c1-2-6-12-9-10-14(11-12)16-15(17)13-7-4-3-5-8-13/h4,7-8,12,14H,2-3,5-6,9-11H2,1H3,(H,16,17)/t12-,14-/m0/s1. The molecule has 0 spiro atoms. The lowest BCUT2D eigenvalue weighted by molar-refractivity contribution is -0.117. The fraction of sp³-hybridized carbons (Fsp3) is 0.667. The Morgan fingerprint density at radius 3 is 3.00 bits per heavy atom. The number of allylic oxidation sites excluding steroid dienone is 2. The molecule has 17 heavy (non-hydrogen) atoms. The molecule has 0 aliphatic heterocycles. The van der Waals surface area contributed by atoms with Crippen molar-refractivity contribution < 1.29 is 4.79 Å². The molecule has 2 aliphatic carbocycles. The fourth-order valence-corrected chi connectivity index (χ4v) is 2.93. The van der Waals surface area contributed by atoms with Gasteiger partial charge in [-0.1, -0.05) is 38.0 Å². The minimum absolute atomic E-state index is 0.128. The lowest BCUT2D eigenvalue weighted by Gasteiger charge is -2.14. The summed E-state index contributed by atoms with van der Waals surface area (Å²) in [7, 11) is 0. The molecule has 0 aromatic carbocycles. The van der Waals surface area contributed by atoms with Crippen LogP contribution in [0.2, 0.25) is 0 Å². The van der Waals surface area contributed by atoms with E-state index >= 15 is 0 Å². The second kappa shape index (κ2) is 6.04. The lowest BCUT2D eigenvalue weighted by Crippen LogP contribution is -2.33. The lowest BCUT2D eigenvalue weighted by atomic mass is 10.0. The van der Waals surface area contributed by atoms with Crippen molar-refractivity contribution >= 4 is 5.91 Å². The Hall–Kier alpha value is -1.05. The summed E-state index contributed by atoms with van der Waals surface area (Å²) < 4.78 is 0. The van der Waals surface area contributed by atoms with E-state index in [0.29, 0.717) is 6.04 Å². The Morgan fingerprint density at radius 1 is 1.41 bits per heavy atom. The molecular weight excluding hydrogens is 210 g/mol. The van der Waals surface area contributed by atoms with Crippen molar-refractivity contribution in [2.45, 2.75) is 57.9 Å². The first-order valence-electron chi connectivity index (χ1n) is 6.97. The van der Waals surface area contributed by atoms with Crippen LogP contribution in [0.3, 0.4) is 0 Å². The van der Waals surface area contributed by atoms with Crippen molar-refractivity contribution in [3.05, 3.63) is 23.8 Å². The first kappa shape index (κ1) is 12.4. The molecule has 2 heteroatoms. The third-order valence-electron chi connectivity index (χ3n) is 3.83. The SMILES string of the molecule is CCC[C@H]1CC[C@H](NC(=O)C2=CCCC=C2)C1. The average molecular weight is 233 g/mol. The van der Waals surface area contributed by atoms with Crippen LogP contribution in [0, 0.1) is 5.92 Å². The number of amides is 1. The zero-order chi connectivity index (χ0) is 12.1. The van der Waals surface area contributed by atoms with Crippen molar-refractivity contribution in [3.63, 3.8) is 0 Å². The van der Waals surface area contributed by atoms with Crippen LogP contribution >= 0.6 is 0 Å². The zero-order valence-corrected chi connectivity index (χ0v) is 10.7. The van der Waals surface area contributed by atoms with Crippen molar-refractivity contribution in [2.75, 3.05) is 0 Å². The molecule has 2 atom stereocenters. The molecule has 0 saturated heterocycles. The molecule has 0 aromatic heterocycles. The van der Waals surface area contributed by atoms with E-state index in [1.54, 1.807) is 0 Å². The van der Waals surface area contributed by atoms with Crippen LogP contribution < -0.4 is 5.32 Å². The van der Waals surface area contributed by atoms with Gasteiger partial charge in [0, 0.05) is 11.6 Å². The van der Waals surface area contributed by atoms with Crippen molar-refractivity contribution in [1.82, 2.24) is 5.32 Å². The van der Waals surface area contributed by atoms with Gasteiger partial charge < -0.3 is 5.32 Å². The van der Waals surface area contributed by atoms with Gasteiger partial charge in [-0.05, 0) is 38.0 Å². The Kier molecular flexibility index (Phi) is 4.41. The van der Waals surface area contributed by atoms with Crippen LogP contribution in [0.4, 0.5) is 0 Å². The largest absolute Gasteiger partial charge is 0.349 e. The van der Waals surface area contributed by atoms with Gasteiger partial charge in [0.05, 0.1) is 0 Å². The Balaban J connectivity index is 1.80. The third-order valence-corrected chi connectivity index (χ3v) is 3.83. The monoisotopic (exact) mass is 233 g/mol. The van der Waals surface area contributed by atoms with E-state index in [0.717, 1.165) is 30.8 Å². The quantitative estimate of drug-likeness (QED) is 0.792. The summed E-state index contributed by atoms with van der Waals surface area (Å²) in [5.74, 6) is 0.962. The van der Waals surface area contributed by atoms with Crippen LogP contribution in [-0.2, 0) is 4.79 Å². The van der Waals surface area contributed by atoms with Crippen LogP contribution in [0.15, 0.2) is 23.8 Å². The fourth-order valence-electron chi connectivity index (χ4n) is 2.93. The van der Waals surface area contributed by atoms with Gasteiger partial charge in [0.1, 0.15) is 0 Å². The van der Waals surface area contributed by atoms with Gasteiger partial charge in [-0.15, -0.1) is 0 Å². The number of hydrogen-bond donors (Lipinski definition) is 1. The second-order valence-electron chi connectivity index (χ2n) is 5.28. The molecule has 1 amide bonds. The van der Waals surface area contributed by atoms with E-state index in [1.807, 2.05) is 12.2 Å². The Morgan fingerprint density at radius 2 is 2.29 bits per heavy atom.